The lowest BCUT2D eigenvalue weighted by Crippen LogP contribution is -2.49. The molecule has 1 saturated heterocycles. The summed E-state index contributed by atoms with van der Waals surface area (Å²) in [5.74, 6) is -0.0169. The number of benzene rings is 3. The van der Waals surface area contributed by atoms with Crippen LogP contribution < -0.4 is 20.3 Å². The van der Waals surface area contributed by atoms with Gasteiger partial charge in [-0.05, 0) is 80.6 Å². The first-order valence-corrected chi connectivity index (χ1v) is 16.2. The van der Waals surface area contributed by atoms with Crippen molar-refractivity contribution in [3.05, 3.63) is 94.5 Å². The van der Waals surface area contributed by atoms with Crippen molar-refractivity contribution in [1.82, 2.24) is 10.6 Å². The Hall–Kier alpha value is -2.50. The first-order chi connectivity index (χ1) is 19.7. The van der Waals surface area contributed by atoms with Gasteiger partial charge >= 0.3 is 0 Å². The van der Waals surface area contributed by atoms with Gasteiger partial charge < -0.3 is 21.1 Å². The van der Waals surface area contributed by atoms with E-state index in [2.05, 4.69) is 16.0 Å². The van der Waals surface area contributed by atoms with E-state index < -0.39 is 22.9 Å². The van der Waals surface area contributed by atoms with Gasteiger partial charge in [-0.1, -0.05) is 54.1 Å². The van der Waals surface area contributed by atoms with E-state index in [9.17, 15) is 19.0 Å². The Morgan fingerprint density at radius 3 is 2.45 bits per heavy atom. The second-order valence-electron chi connectivity index (χ2n) is 10.4. The van der Waals surface area contributed by atoms with Crippen molar-refractivity contribution in [1.29, 1.82) is 0 Å². The van der Waals surface area contributed by atoms with Crippen molar-refractivity contribution in [2.75, 3.05) is 41.6 Å². The van der Waals surface area contributed by atoms with E-state index in [4.69, 9.17) is 11.6 Å². The highest BCUT2D eigenvalue weighted by molar-refractivity contribution is 8.25. The molecule has 1 aliphatic rings. The van der Waals surface area contributed by atoms with Gasteiger partial charge in [0.1, 0.15) is 0 Å². The number of hydrogen-bond acceptors (Lipinski definition) is 7. The molecule has 8 nitrogen and oxygen atoms in total. The molecule has 0 unspecified atom stereocenters. The number of rotatable bonds is 13. The maximum Gasteiger partial charge on any atom is 0.251 e. The van der Waals surface area contributed by atoms with Crippen LogP contribution in [-0.4, -0.2) is 64.2 Å². The van der Waals surface area contributed by atoms with Crippen molar-refractivity contribution in [3.8, 4) is 0 Å². The lowest BCUT2D eigenvalue weighted by atomic mass is 10.00. The zero-order valence-electron chi connectivity index (χ0n) is 23.8. The third-order valence-electron chi connectivity index (χ3n) is 7.17. The largest absolute Gasteiger partial charge is 0.390 e. The minimum atomic E-state index is -2.94. The Morgan fingerprint density at radius 2 is 1.76 bits per heavy atom. The van der Waals surface area contributed by atoms with Crippen molar-refractivity contribution in [2.24, 2.45) is 0 Å². The standard InChI is InChI=1S/C31H41ClN4O4S.ClH/c1-2-34-27-19-25(20-28(21-27)36-16-6-7-17-41(36,39)40)31(38)35-29(18-24-8-4-3-5-9-24)30(37)22-33-15-14-23-10-12-26(32)13-11-23;/h3-5,8-13,19-21,29-30,33-34,37,39-40H,2,6-7,14-18,22H2,1H3,(H,35,38);1H/t29-,30+;/m0./s1. The molecule has 42 heavy (non-hydrogen) atoms. The summed E-state index contributed by atoms with van der Waals surface area (Å²) in [6, 6.07) is 22.2. The number of aliphatic hydroxyl groups excluding tert-OH is 1. The minimum absolute atomic E-state index is 0. The van der Waals surface area contributed by atoms with Crippen LogP contribution in [0.2, 0.25) is 5.02 Å². The number of anilines is 2. The number of nitrogens with one attached hydrogen (secondary N) is 3. The van der Waals surface area contributed by atoms with Crippen LogP contribution in [0.4, 0.5) is 11.4 Å². The van der Waals surface area contributed by atoms with Gasteiger partial charge in [0.25, 0.3) is 5.91 Å². The van der Waals surface area contributed by atoms with E-state index in [1.54, 1.807) is 16.4 Å². The van der Waals surface area contributed by atoms with Crippen LogP contribution in [0.1, 0.15) is 41.3 Å². The molecule has 1 heterocycles. The highest BCUT2D eigenvalue weighted by atomic mass is 35.5. The molecule has 1 aliphatic heterocycles. The molecule has 4 rings (SSSR count). The Labute approximate surface area is 261 Å². The molecule has 3 aromatic carbocycles. The number of aliphatic hydroxyl groups is 1. The first kappa shape index (κ1) is 34.0. The van der Waals surface area contributed by atoms with Gasteiger partial charge in [-0.2, -0.15) is 0 Å². The number of nitrogens with zero attached hydrogens (tertiary/aromatic N) is 1. The predicted molar refractivity (Wildman–Crippen MR) is 178 cm³/mol. The van der Waals surface area contributed by atoms with Gasteiger partial charge in [-0.25, -0.2) is 0 Å². The minimum Gasteiger partial charge on any atom is -0.390 e. The van der Waals surface area contributed by atoms with Crippen LogP contribution in [0.25, 0.3) is 0 Å². The van der Waals surface area contributed by atoms with Gasteiger partial charge in [-0.3, -0.25) is 18.2 Å². The van der Waals surface area contributed by atoms with Crippen LogP contribution in [-0.2, 0) is 12.8 Å². The van der Waals surface area contributed by atoms with Crippen molar-refractivity contribution in [2.45, 2.75) is 44.8 Å². The van der Waals surface area contributed by atoms with Gasteiger partial charge in [-0.15, -0.1) is 23.2 Å². The number of carbonyl (C=O) groups is 1. The zero-order chi connectivity index (χ0) is 29.2. The number of halogens is 2. The molecule has 0 aliphatic carbocycles. The average molecular weight is 638 g/mol. The fraction of sp³-hybridized carbons (Fsp3) is 0.387. The summed E-state index contributed by atoms with van der Waals surface area (Å²) in [5, 5.41) is 21.5. The fourth-order valence-corrected chi connectivity index (χ4v) is 6.78. The Morgan fingerprint density at radius 1 is 1.02 bits per heavy atom. The summed E-state index contributed by atoms with van der Waals surface area (Å²) in [7, 11) is -2.94. The number of carbonyl (C=O) groups excluding carboxylic acids is 1. The monoisotopic (exact) mass is 636 g/mol. The molecule has 0 aromatic heterocycles. The van der Waals surface area contributed by atoms with Crippen LogP contribution in [0, 0.1) is 0 Å². The second kappa shape index (κ2) is 16.4. The van der Waals surface area contributed by atoms with Crippen molar-refractivity contribution >= 4 is 52.1 Å². The molecular weight excluding hydrogens is 595 g/mol. The fourth-order valence-electron chi connectivity index (χ4n) is 4.98. The van der Waals surface area contributed by atoms with E-state index >= 15 is 0 Å². The van der Waals surface area contributed by atoms with Crippen LogP contribution in [0.15, 0.2) is 72.8 Å². The predicted octanol–water partition coefficient (Wildman–Crippen LogP) is 5.99. The van der Waals surface area contributed by atoms with E-state index in [0.29, 0.717) is 54.6 Å². The molecule has 1 fully saturated rings. The topological polar surface area (TPSA) is 117 Å². The summed E-state index contributed by atoms with van der Waals surface area (Å²) >= 11 is 5.98. The highest BCUT2D eigenvalue weighted by Gasteiger charge is 2.28. The highest BCUT2D eigenvalue weighted by Crippen LogP contribution is 2.50. The summed E-state index contributed by atoms with van der Waals surface area (Å²) in [4.78, 5) is 13.6. The molecular formula is C31H42Cl2N4O4S. The van der Waals surface area contributed by atoms with Crippen LogP contribution in [0.3, 0.4) is 0 Å². The Kier molecular flexibility index (Phi) is 13.3. The molecule has 0 radical (unpaired) electrons. The summed E-state index contributed by atoms with van der Waals surface area (Å²) < 4.78 is 23.0. The van der Waals surface area contributed by atoms with Crippen molar-refractivity contribution < 1.29 is 19.0 Å². The third-order valence-corrected chi connectivity index (χ3v) is 9.36. The quantitative estimate of drug-likeness (QED) is 0.128. The normalized spacial score (nSPS) is 16.5. The van der Waals surface area contributed by atoms with Gasteiger partial charge in [0.05, 0.1) is 23.6 Å². The van der Waals surface area contributed by atoms with Gasteiger partial charge in [0.2, 0.25) is 0 Å². The smallest absolute Gasteiger partial charge is 0.251 e. The number of amides is 1. The average Bonchev–Trinajstić information content (AvgIpc) is 2.96. The van der Waals surface area contributed by atoms with Crippen molar-refractivity contribution in [3.63, 3.8) is 0 Å². The molecule has 230 valence electrons. The summed E-state index contributed by atoms with van der Waals surface area (Å²) in [5.41, 5.74) is 3.85. The summed E-state index contributed by atoms with van der Waals surface area (Å²) in [6.45, 7) is 4.10. The molecule has 2 atom stereocenters. The van der Waals surface area contributed by atoms with Crippen LogP contribution in [0.5, 0.6) is 0 Å². The summed E-state index contributed by atoms with van der Waals surface area (Å²) in [6.07, 6.45) is 2.01. The lowest BCUT2D eigenvalue weighted by Gasteiger charge is -2.47. The van der Waals surface area contributed by atoms with E-state index in [0.717, 1.165) is 36.1 Å². The Bertz CT molecular complexity index is 1270. The second-order valence-corrected chi connectivity index (χ2v) is 12.9. The van der Waals surface area contributed by atoms with E-state index in [-0.39, 0.29) is 18.3 Å². The van der Waals surface area contributed by atoms with E-state index in [1.807, 2.05) is 67.6 Å². The zero-order valence-corrected chi connectivity index (χ0v) is 26.2. The lowest BCUT2D eigenvalue weighted by molar-refractivity contribution is 0.0831. The molecule has 11 heteroatoms. The molecule has 1 amide bonds. The van der Waals surface area contributed by atoms with E-state index in [1.165, 1.54) is 0 Å². The maximum atomic E-state index is 13.6. The molecule has 0 saturated carbocycles. The molecule has 6 N–H and O–H groups in total. The number of hydrogen-bond donors (Lipinski definition) is 6. The molecule has 3 aromatic rings. The molecule has 0 bridgehead atoms. The van der Waals surface area contributed by atoms with Gasteiger partial charge in [0, 0.05) is 35.9 Å². The Balaban J connectivity index is 0.00000484. The van der Waals surface area contributed by atoms with Gasteiger partial charge in [0.15, 0.2) is 0 Å². The first-order valence-electron chi connectivity index (χ1n) is 14.2. The molecule has 0 spiro atoms. The SMILES string of the molecule is CCNc1cc(C(=O)N[C@@H](Cc2ccccc2)[C@H](O)CNCCc2ccc(Cl)cc2)cc(N2CCCCS2(O)O)c1.Cl. The maximum absolute atomic E-state index is 13.6. The van der Waals surface area contributed by atoms with Crippen LogP contribution >= 0.6 is 34.8 Å². The third kappa shape index (κ3) is 9.77.